The molecular formula is C14H22ClN3O. The molecule has 19 heavy (non-hydrogen) atoms. The topological polar surface area (TPSA) is 47.0 Å². The summed E-state index contributed by atoms with van der Waals surface area (Å²) in [6.45, 7) is 5.42. The van der Waals surface area contributed by atoms with E-state index in [1.165, 1.54) is 25.7 Å². The highest BCUT2D eigenvalue weighted by atomic mass is 35.5. The van der Waals surface area contributed by atoms with Crippen molar-refractivity contribution >= 4 is 17.4 Å². The molecule has 1 aliphatic rings. The Hall–Kier alpha value is -1.03. The molecule has 0 atom stereocenters. The van der Waals surface area contributed by atoms with Gasteiger partial charge in [0.25, 0.3) is 0 Å². The molecular weight excluding hydrogens is 262 g/mol. The lowest BCUT2D eigenvalue weighted by atomic mass is 9.88. The van der Waals surface area contributed by atoms with Gasteiger partial charge < -0.3 is 10.1 Å². The summed E-state index contributed by atoms with van der Waals surface area (Å²) in [5.74, 6) is 2.23. The molecule has 1 aromatic rings. The van der Waals surface area contributed by atoms with Crippen molar-refractivity contribution in [1.29, 1.82) is 0 Å². The first-order valence-corrected chi connectivity index (χ1v) is 7.48. The normalized spacial score (nSPS) is 17.4. The summed E-state index contributed by atoms with van der Waals surface area (Å²) >= 11 is 6.15. The van der Waals surface area contributed by atoms with Crippen LogP contribution in [0.3, 0.4) is 0 Å². The number of alkyl halides is 1. The Morgan fingerprint density at radius 3 is 2.74 bits per heavy atom. The third-order valence-corrected chi connectivity index (χ3v) is 4.46. The van der Waals surface area contributed by atoms with Crippen LogP contribution in [0.4, 0.5) is 5.82 Å². The number of halogens is 1. The molecule has 1 aliphatic carbocycles. The monoisotopic (exact) mass is 283 g/mol. The fourth-order valence-corrected chi connectivity index (χ4v) is 3.01. The molecule has 1 N–H and O–H groups in total. The van der Waals surface area contributed by atoms with E-state index in [1.807, 2.05) is 13.8 Å². The van der Waals surface area contributed by atoms with Crippen molar-refractivity contribution in [3.63, 3.8) is 0 Å². The van der Waals surface area contributed by atoms with Crippen LogP contribution in [0.15, 0.2) is 6.33 Å². The van der Waals surface area contributed by atoms with Crippen molar-refractivity contribution in [2.24, 2.45) is 5.41 Å². The quantitative estimate of drug-likeness (QED) is 0.813. The summed E-state index contributed by atoms with van der Waals surface area (Å²) in [5.41, 5.74) is 1.19. The van der Waals surface area contributed by atoms with Gasteiger partial charge >= 0.3 is 0 Å². The summed E-state index contributed by atoms with van der Waals surface area (Å²) in [4.78, 5) is 8.45. The van der Waals surface area contributed by atoms with Gasteiger partial charge in [0.15, 0.2) is 0 Å². The molecule has 4 nitrogen and oxygen atoms in total. The third kappa shape index (κ3) is 3.30. The standard InChI is InChI=1S/C14H22ClN3O/c1-3-19-13-11(2)12(17-10-18-13)16-9-14(8-15)6-4-5-7-14/h10H,3-9H2,1-2H3,(H,16,17,18). The zero-order valence-electron chi connectivity index (χ0n) is 11.7. The number of hydrogen-bond donors (Lipinski definition) is 1. The van der Waals surface area contributed by atoms with Gasteiger partial charge in [-0.3, -0.25) is 0 Å². The maximum atomic E-state index is 6.15. The maximum Gasteiger partial charge on any atom is 0.221 e. The molecule has 1 heterocycles. The lowest BCUT2D eigenvalue weighted by molar-refractivity contribution is 0.323. The van der Waals surface area contributed by atoms with Crippen molar-refractivity contribution in [3.8, 4) is 5.88 Å². The Balaban J connectivity index is 2.04. The summed E-state index contributed by atoms with van der Waals surface area (Å²) in [6.07, 6.45) is 6.50. The Labute approximate surface area is 119 Å². The number of hydrogen-bond acceptors (Lipinski definition) is 4. The van der Waals surface area contributed by atoms with Gasteiger partial charge in [-0.25, -0.2) is 9.97 Å². The van der Waals surface area contributed by atoms with Gasteiger partial charge in [0.2, 0.25) is 5.88 Å². The van der Waals surface area contributed by atoms with Crippen LogP contribution < -0.4 is 10.1 Å². The first-order valence-electron chi connectivity index (χ1n) is 6.95. The number of nitrogens with zero attached hydrogens (tertiary/aromatic N) is 2. The predicted octanol–water partition coefficient (Wildman–Crippen LogP) is 3.39. The van der Waals surface area contributed by atoms with E-state index < -0.39 is 0 Å². The second kappa shape index (κ2) is 6.42. The average molecular weight is 284 g/mol. The smallest absolute Gasteiger partial charge is 0.221 e. The van der Waals surface area contributed by atoms with Crippen molar-refractivity contribution in [2.75, 3.05) is 24.3 Å². The van der Waals surface area contributed by atoms with E-state index in [-0.39, 0.29) is 5.41 Å². The van der Waals surface area contributed by atoms with Gasteiger partial charge in [0, 0.05) is 17.8 Å². The Bertz CT molecular complexity index is 419. The minimum Gasteiger partial charge on any atom is -0.478 e. The number of anilines is 1. The van der Waals surface area contributed by atoms with E-state index in [0.717, 1.165) is 17.9 Å². The van der Waals surface area contributed by atoms with Crippen LogP contribution in [-0.4, -0.2) is 29.0 Å². The lowest BCUT2D eigenvalue weighted by Crippen LogP contribution is -2.29. The molecule has 0 saturated heterocycles. The van der Waals surface area contributed by atoms with Crippen LogP contribution in [0, 0.1) is 12.3 Å². The Morgan fingerprint density at radius 1 is 1.37 bits per heavy atom. The van der Waals surface area contributed by atoms with Crippen molar-refractivity contribution < 1.29 is 4.74 Å². The highest BCUT2D eigenvalue weighted by molar-refractivity contribution is 6.18. The van der Waals surface area contributed by atoms with Crippen LogP contribution >= 0.6 is 11.6 Å². The van der Waals surface area contributed by atoms with Crippen LogP contribution in [0.2, 0.25) is 0 Å². The Morgan fingerprint density at radius 2 is 2.11 bits per heavy atom. The van der Waals surface area contributed by atoms with Gasteiger partial charge in [0.1, 0.15) is 12.1 Å². The van der Waals surface area contributed by atoms with E-state index >= 15 is 0 Å². The Kier molecular flexibility index (Phi) is 4.86. The van der Waals surface area contributed by atoms with E-state index in [9.17, 15) is 0 Å². The number of nitrogens with one attached hydrogen (secondary N) is 1. The molecule has 2 rings (SSSR count). The zero-order valence-corrected chi connectivity index (χ0v) is 12.5. The van der Waals surface area contributed by atoms with Crippen LogP contribution in [-0.2, 0) is 0 Å². The summed E-state index contributed by atoms with van der Waals surface area (Å²) in [5, 5.41) is 3.43. The van der Waals surface area contributed by atoms with Crippen LogP contribution in [0.25, 0.3) is 0 Å². The molecule has 5 heteroatoms. The largest absolute Gasteiger partial charge is 0.478 e. The van der Waals surface area contributed by atoms with Gasteiger partial charge in [-0.15, -0.1) is 11.6 Å². The van der Waals surface area contributed by atoms with E-state index in [0.29, 0.717) is 18.4 Å². The van der Waals surface area contributed by atoms with Gasteiger partial charge in [-0.1, -0.05) is 12.8 Å². The van der Waals surface area contributed by atoms with Gasteiger partial charge in [-0.05, 0) is 26.7 Å². The zero-order chi connectivity index (χ0) is 13.7. The first kappa shape index (κ1) is 14.4. The fourth-order valence-electron chi connectivity index (χ4n) is 2.65. The number of ether oxygens (including phenoxy) is 1. The minimum absolute atomic E-state index is 0.227. The molecule has 1 fully saturated rings. The molecule has 0 radical (unpaired) electrons. The molecule has 0 aromatic carbocycles. The lowest BCUT2D eigenvalue weighted by Gasteiger charge is -2.27. The van der Waals surface area contributed by atoms with E-state index in [4.69, 9.17) is 16.3 Å². The highest BCUT2D eigenvalue weighted by Crippen LogP contribution is 2.39. The molecule has 0 spiro atoms. The molecule has 0 amide bonds. The summed E-state index contributed by atoms with van der Waals surface area (Å²) in [7, 11) is 0. The molecule has 0 unspecified atom stereocenters. The van der Waals surface area contributed by atoms with Crippen molar-refractivity contribution in [2.45, 2.75) is 39.5 Å². The highest BCUT2D eigenvalue weighted by Gasteiger charge is 2.33. The van der Waals surface area contributed by atoms with E-state index in [2.05, 4.69) is 15.3 Å². The van der Waals surface area contributed by atoms with Crippen LogP contribution in [0.5, 0.6) is 5.88 Å². The third-order valence-electron chi connectivity index (χ3n) is 3.90. The second-order valence-electron chi connectivity index (χ2n) is 5.28. The average Bonchev–Trinajstić information content (AvgIpc) is 2.89. The molecule has 1 saturated carbocycles. The van der Waals surface area contributed by atoms with Crippen molar-refractivity contribution in [3.05, 3.63) is 11.9 Å². The molecule has 0 bridgehead atoms. The number of aromatic nitrogens is 2. The SMILES string of the molecule is CCOc1ncnc(NCC2(CCl)CCCC2)c1C. The van der Waals surface area contributed by atoms with Crippen LogP contribution in [0.1, 0.15) is 38.2 Å². The first-order chi connectivity index (χ1) is 9.21. The van der Waals surface area contributed by atoms with E-state index in [1.54, 1.807) is 6.33 Å². The fraction of sp³-hybridized carbons (Fsp3) is 0.714. The summed E-state index contributed by atoms with van der Waals surface area (Å²) in [6, 6.07) is 0. The molecule has 0 aliphatic heterocycles. The predicted molar refractivity (Wildman–Crippen MR) is 78.0 cm³/mol. The minimum atomic E-state index is 0.227. The van der Waals surface area contributed by atoms with Gasteiger partial charge in [-0.2, -0.15) is 0 Å². The number of rotatable bonds is 6. The second-order valence-corrected chi connectivity index (χ2v) is 5.55. The molecule has 1 aromatic heterocycles. The van der Waals surface area contributed by atoms with Gasteiger partial charge in [0.05, 0.1) is 12.2 Å². The molecule has 106 valence electrons. The van der Waals surface area contributed by atoms with Crippen molar-refractivity contribution in [1.82, 2.24) is 9.97 Å². The maximum absolute atomic E-state index is 6.15. The summed E-state index contributed by atoms with van der Waals surface area (Å²) < 4.78 is 5.48.